The van der Waals surface area contributed by atoms with Gasteiger partial charge in [0, 0.05) is 18.8 Å². The van der Waals surface area contributed by atoms with Gasteiger partial charge in [0.05, 0.1) is 18.1 Å². The second-order valence-electron chi connectivity index (χ2n) is 7.34. The van der Waals surface area contributed by atoms with Crippen LogP contribution in [0.1, 0.15) is 32.3 Å². The molecule has 5 nitrogen and oxygen atoms in total. The maximum atomic E-state index is 12.7. The number of hydrazone groups is 1. The fourth-order valence-electron chi connectivity index (χ4n) is 4.66. The number of hydrogen-bond donors (Lipinski definition) is 0. The summed E-state index contributed by atoms with van der Waals surface area (Å²) in [5.41, 5.74) is 2.05. The fraction of sp³-hybridized carbons (Fsp3) is 0.476. The van der Waals surface area contributed by atoms with Gasteiger partial charge in [-0.15, -0.1) is 0 Å². The molecule has 0 spiro atoms. The first-order valence-electron chi connectivity index (χ1n) is 9.59. The minimum absolute atomic E-state index is 0.130. The summed E-state index contributed by atoms with van der Waals surface area (Å²) < 4.78 is 0. The van der Waals surface area contributed by atoms with Gasteiger partial charge in [-0.25, -0.2) is 0 Å². The van der Waals surface area contributed by atoms with Gasteiger partial charge in [-0.05, 0) is 56.2 Å². The van der Waals surface area contributed by atoms with Crippen LogP contribution < -0.4 is 4.90 Å². The van der Waals surface area contributed by atoms with Gasteiger partial charge in [0.25, 0.3) is 11.8 Å². The van der Waals surface area contributed by atoms with E-state index in [1.54, 1.807) is 6.21 Å². The molecule has 1 saturated heterocycles. The lowest BCUT2D eigenvalue weighted by atomic mass is 9.63. The van der Waals surface area contributed by atoms with Gasteiger partial charge in [0.15, 0.2) is 0 Å². The van der Waals surface area contributed by atoms with Crippen LogP contribution in [-0.4, -0.2) is 36.1 Å². The number of fused-ring (bicyclic) bond motifs is 1. The predicted octanol–water partition coefficient (Wildman–Crippen LogP) is 3.06. The summed E-state index contributed by atoms with van der Waals surface area (Å²) in [6, 6.07) is 8.04. The van der Waals surface area contributed by atoms with E-state index in [-0.39, 0.29) is 35.5 Å². The van der Waals surface area contributed by atoms with Gasteiger partial charge in [-0.3, -0.25) is 9.59 Å². The highest BCUT2D eigenvalue weighted by atomic mass is 16.2. The van der Waals surface area contributed by atoms with E-state index in [1.165, 1.54) is 0 Å². The molecule has 4 atom stereocenters. The summed E-state index contributed by atoms with van der Waals surface area (Å²) in [6.07, 6.45) is 7.88. The van der Waals surface area contributed by atoms with E-state index < -0.39 is 0 Å². The number of hydrogen-bond acceptors (Lipinski definition) is 4. The molecule has 0 radical (unpaired) electrons. The Balaban J connectivity index is 1.51. The van der Waals surface area contributed by atoms with Crippen LogP contribution in [0, 0.1) is 23.7 Å². The summed E-state index contributed by atoms with van der Waals surface area (Å²) in [7, 11) is 0. The summed E-state index contributed by atoms with van der Waals surface area (Å²) in [4.78, 5) is 27.7. The van der Waals surface area contributed by atoms with Crippen molar-refractivity contribution >= 4 is 23.7 Å². The molecule has 2 fully saturated rings. The summed E-state index contributed by atoms with van der Waals surface area (Å²) in [5, 5.41) is 5.38. The van der Waals surface area contributed by atoms with E-state index in [1.807, 2.05) is 24.3 Å². The van der Waals surface area contributed by atoms with Gasteiger partial charge >= 0.3 is 0 Å². The molecule has 0 unspecified atom stereocenters. The normalized spacial score (nSPS) is 29.7. The molecule has 1 aromatic rings. The Hall–Kier alpha value is -2.43. The first kappa shape index (κ1) is 17.0. The Labute approximate surface area is 154 Å². The molecule has 136 valence electrons. The zero-order valence-electron chi connectivity index (χ0n) is 15.3. The lowest BCUT2D eigenvalue weighted by molar-refractivity contribution is -0.140. The van der Waals surface area contributed by atoms with E-state index in [4.69, 9.17) is 0 Å². The van der Waals surface area contributed by atoms with E-state index in [0.29, 0.717) is 0 Å². The van der Waals surface area contributed by atoms with Crippen LogP contribution in [0.5, 0.6) is 0 Å². The zero-order valence-corrected chi connectivity index (χ0v) is 15.3. The Morgan fingerprint density at radius 2 is 1.54 bits per heavy atom. The Kier molecular flexibility index (Phi) is 4.39. The molecule has 5 heteroatoms. The van der Waals surface area contributed by atoms with Crippen molar-refractivity contribution in [1.82, 2.24) is 5.01 Å². The van der Waals surface area contributed by atoms with E-state index in [2.05, 4.69) is 36.0 Å². The van der Waals surface area contributed by atoms with Gasteiger partial charge in [0.1, 0.15) is 0 Å². The van der Waals surface area contributed by atoms with E-state index in [0.717, 1.165) is 42.2 Å². The molecule has 2 bridgehead atoms. The van der Waals surface area contributed by atoms with Crippen molar-refractivity contribution in [2.24, 2.45) is 28.8 Å². The van der Waals surface area contributed by atoms with E-state index in [9.17, 15) is 9.59 Å². The van der Waals surface area contributed by atoms with Crippen molar-refractivity contribution in [1.29, 1.82) is 0 Å². The molecular weight excluding hydrogens is 326 g/mol. The van der Waals surface area contributed by atoms with Crippen molar-refractivity contribution < 1.29 is 9.59 Å². The number of imide groups is 1. The van der Waals surface area contributed by atoms with Crippen molar-refractivity contribution in [3.05, 3.63) is 42.0 Å². The standard InChI is InChI=1S/C21H25N3O2/c1-3-23(4-2)17-11-5-14(6-12-17)13-22-24-20(25)18-15-7-8-16(10-9-15)19(18)21(24)26/h5-8,11-13,15-16,18-19H,3-4,9-10H2,1-2H3/b22-13-/t15-,16-,18-,19-/m0/s1. The molecule has 3 aliphatic carbocycles. The Morgan fingerprint density at radius 3 is 2.00 bits per heavy atom. The second kappa shape index (κ2) is 6.71. The van der Waals surface area contributed by atoms with Crippen LogP contribution in [0.4, 0.5) is 5.69 Å². The third kappa shape index (κ3) is 2.66. The number of allylic oxidation sites excluding steroid dienone is 2. The maximum Gasteiger partial charge on any atom is 0.254 e. The number of amides is 2. The van der Waals surface area contributed by atoms with Crippen LogP contribution in [0.15, 0.2) is 41.5 Å². The average Bonchev–Trinajstić information content (AvgIpc) is 2.96. The van der Waals surface area contributed by atoms with Crippen molar-refractivity contribution in [3.8, 4) is 0 Å². The van der Waals surface area contributed by atoms with Gasteiger partial charge < -0.3 is 4.90 Å². The third-order valence-electron chi connectivity index (χ3n) is 6.08. The highest BCUT2D eigenvalue weighted by Crippen LogP contribution is 2.49. The number of carbonyl (C=O) groups is 2. The first-order valence-corrected chi connectivity index (χ1v) is 9.59. The lowest BCUT2D eigenvalue weighted by Crippen LogP contribution is -2.38. The highest BCUT2D eigenvalue weighted by molar-refractivity contribution is 6.06. The van der Waals surface area contributed by atoms with Crippen LogP contribution >= 0.6 is 0 Å². The summed E-state index contributed by atoms with van der Waals surface area (Å²) in [6.45, 7) is 6.18. The van der Waals surface area contributed by atoms with Gasteiger partial charge in [-0.1, -0.05) is 24.3 Å². The number of nitrogens with zero attached hydrogens (tertiary/aromatic N) is 3. The molecule has 0 aromatic heterocycles. The quantitative estimate of drug-likeness (QED) is 0.465. The molecule has 1 saturated carbocycles. The van der Waals surface area contributed by atoms with Crippen LogP contribution in [-0.2, 0) is 9.59 Å². The Bertz CT molecular complexity index is 732. The number of benzene rings is 1. The monoisotopic (exact) mass is 351 g/mol. The molecule has 2 amide bonds. The van der Waals surface area contributed by atoms with Crippen molar-refractivity contribution in [2.75, 3.05) is 18.0 Å². The van der Waals surface area contributed by atoms with Crippen molar-refractivity contribution in [2.45, 2.75) is 26.7 Å². The van der Waals surface area contributed by atoms with E-state index >= 15 is 0 Å². The SMILES string of the molecule is CCN(CC)c1ccc(/C=N\N2C(=O)[C@@H]3[C@@H](C2=O)[C@H]2C=C[C@H]3CC2)cc1. The molecule has 5 rings (SSSR count). The number of rotatable bonds is 5. The fourth-order valence-corrected chi connectivity index (χ4v) is 4.66. The average molecular weight is 351 g/mol. The maximum absolute atomic E-state index is 12.7. The third-order valence-corrected chi connectivity index (χ3v) is 6.08. The molecule has 4 aliphatic rings. The minimum Gasteiger partial charge on any atom is -0.372 e. The molecular formula is C21H25N3O2. The van der Waals surface area contributed by atoms with Gasteiger partial charge in [0.2, 0.25) is 0 Å². The molecule has 26 heavy (non-hydrogen) atoms. The number of anilines is 1. The van der Waals surface area contributed by atoms with Crippen LogP contribution in [0.3, 0.4) is 0 Å². The highest BCUT2D eigenvalue weighted by Gasteiger charge is 2.56. The zero-order chi connectivity index (χ0) is 18.3. The topological polar surface area (TPSA) is 53.0 Å². The molecule has 1 heterocycles. The lowest BCUT2D eigenvalue weighted by Gasteiger charge is -2.37. The number of carbonyl (C=O) groups excluding carboxylic acids is 2. The van der Waals surface area contributed by atoms with Gasteiger partial charge in [-0.2, -0.15) is 10.1 Å². The summed E-state index contributed by atoms with van der Waals surface area (Å²) >= 11 is 0. The van der Waals surface area contributed by atoms with Crippen LogP contribution in [0.25, 0.3) is 0 Å². The Morgan fingerprint density at radius 1 is 1.00 bits per heavy atom. The molecule has 1 aliphatic heterocycles. The van der Waals surface area contributed by atoms with Crippen LogP contribution in [0.2, 0.25) is 0 Å². The second-order valence-corrected chi connectivity index (χ2v) is 7.34. The molecule has 1 aromatic carbocycles. The first-order chi connectivity index (χ1) is 12.6. The van der Waals surface area contributed by atoms with Crippen molar-refractivity contribution in [3.63, 3.8) is 0 Å². The largest absolute Gasteiger partial charge is 0.372 e. The minimum atomic E-state index is -0.201. The summed E-state index contributed by atoms with van der Waals surface area (Å²) in [5.74, 6) is -0.253. The predicted molar refractivity (Wildman–Crippen MR) is 102 cm³/mol. The smallest absolute Gasteiger partial charge is 0.254 e. The molecule has 0 N–H and O–H groups in total.